The van der Waals surface area contributed by atoms with Gasteiger partial charge >= 0.3 is 0 Å². The number of benzene rings is 2. The van der Waals surface area contributed by atoms with Crippen molar-refractivity contribution < 1.29 is 15.0 Å². The Hall–Kier alpha value is -3.20. The van der Waals surface area contributed by atoms with Crippen molar-refractivity contribution in [2.75, 3.05) is 5.75 Å². The molecule has 8 rings (SSSR count). The zero-order valence-electron chi connectivity index (χ0n) is 25.6. The number of aryl methyl sites for hydroxylation is 1. The van der Waals surface area contributed by atoms with Crippen molar-refractivity contribution in [2.24, 2.45) is 35.6 Å². The summed E-state index contributed by atoms with van der Waals surface area (Å²) >= 11 is 1.40. The number of nitrogens with zero attached hydrogens (tertiary/aromatic N) is 4. The molecule has 44 heavy (non-hydrogen) atoms. The maximum absolute atomic E-state index is 13.9. The van der Waals surface area contributed by atoms with E-state index >= 15 is 0 Å². The fraction of sp³-hybridized carbons (Fsp3) is 0.472. The number of aliphatic hydroxyl groups excluding tert-OH is 1. The van der Waals surface area contributed by atoms with Gasteiger partial charge in [0.25, 0.3) is 0 Å². The summed E-state index contributed by atoms with van der Waals surface area (Å²) in [6.07, 6.45) is 8.24. The minimum absolute atomic E-state index is 0.0839. The van der Waals surface area contributed by atoms with Crippen molar-refractivity contribution in [3.8, 4) is 5.69 Å². The third-order valence-corrected chi connectivity index (χ3v) is 13.1. The van der Waals surface area contributed by atoms with E-state index in [2.05, 4.69) is 32.1 Å². The summed E-state index contributed by atoms with van der Waals surface area (Å²) in [6.45, 7) is 4.42. The Morgan fingerprint density at radius 2 is 1.86 bits per heavy atom. The number of carbonyl (C=O) groups is 1. The van der Waals surface area contributed by atoms with E-state index in [1.165, 1.54) is 22.9 Å². The Morgan fingerprint density at radius 1 is 1.09 bits per heavy atom. The van der Waals surface area contributed by atoms with Gasteiger partial charge < -0.3 is 14.8 Å². The monoisotopic (exact) mass is 608 g/mol. The summed E-state index contributed by atoms with van der Waals surface area (Å²) in [4.78, 5) is 18.7. The summed E-state index contributed by atoms with van der Waals surface area (Å²) in [6, 6.07) is 18.2. The second-order valence-electron chi connectivity index (χ2n) is 14.1. The molecule has 0 bridgehead atoms. The average Bonchev–Trinajstić information content (AvgIpc) is 3.66. The predicted molar refractivity (Wildman–Crippen MR) is 172 cm³/mol. The zero-order chi connectivity index (χ0) is 30.4. The SMILES string of the molecule is Cn1c(SCC(=O)[C@@]2(O)CCC3C4CCC5=Cc6c(cnn6-c6ccccc6)CC5(C)C4[C@@H](O)CC32C)nc2ccccc21. The van der Waals surface area contributed by atoms with Crippen LogP contribution in [-0.4, -0.2) is 52.8 Å². The highest BCUT2D eigenvalue weighted by Crippen LogP contribution is 2.67. The highest BCUT2D eigenvalue weighted by Gasteiger charge is 2.68. The van der Waals surface area contributed by atoms with Crippen molar-refractivity contribution in [2.45, 2.75) is 69.2 Å². The molecule has 2 N–H and O–H groups in total. The summed E-state index contributed by atoms with van der Waals surface area (Å²) in [7, 11) is 1.97. The van der Waals surface area contributed by atoms with E-state index in [1.807, 2.05) is 65.0 Å². The number of ketones is 1. The molecule has 7 nitrogen and oxygen atoms in total. The molecule has 4 aliphatic carbocycles. The molecule has 5 unspecified atom stereocenters. The number of aromatic nitrogens is 4. The van der Waals surface area contributed by atoms with Crippen LogP contribution in [0.5, 0.6) is 0 Å². The molecule has 3 fully saturated rings. The molecule has 7 atom stereocenters. The van der Waals surface area contributed by atoms with Crippen molar-refractivity contribution in [3.63, 3.8) is 0 Å². The van der Waals surface area contributed by atoms with Crippen LogP contribution in [0.2, 0.25) is 0 Å². The van der Waals surface area contributed by atoms with Gasteiger partial charge in [-0.2, -0.15) is 5.10 Å². The smallest absolute Gasteiger partial charge is 0.175 e. The number of allylic oxidation sites excluding steroid dienone is 1. The summed E-state index contributed by atoms with van der Waals surface area (Å²) in [5.74, 6) is 0.561. The van der Waals surface area contributed by atoms with Crippen LogP contribution in [-0.2, 0) is 18.3 Å². The molecule has 2 aromatic heterocycles. The fourth-order valence-corrected chi connectivity index (χ4v) is 10.9. The van der Waals surface area contributed by atoms with Crippen LogP contribution in [0.15, 0.2) is 71.5 Å². The number of thioether (sulfide) groups is 1. The zero-order valence-corrected chi connectivity index (χ0v) is 26.4. The van der Waals surface area contributed by atoms with Crippen molar-refractivity contribution in [1.29, 1.82) is 0 Å². The van der Waals surface area contributed by atoms with Gasteiger partial charge in [-0.15, -0.1) is 0 Å². The number of fused-ring (bicyclic) bond motifs is 7. The highest BCUT2D eigenvalue weighted by molar-refractivity contribution is 7.99. The molecule has 0 saturated heterocycles. The van der Waals surface area contributed by atoms with Gasteiger partial charge in [-0.25, -0.2) is 9.67 Å². The third-order valence-electron chi connectivity index (χ3n) is 12.1. The van der Waals surface area contributed by atoms with Gasteiger partial charge in [0, 0.05) is 12.5 Å². The van der Waals surface area contributed by atoms with Crippen LogP contribution in [0.25, 0.3) is 22.8 Å². The lowest BCUT2D eigenvalue weighted by molar-refractivity contribution is -0.177. The first kappa shape index (κ1) is 28.3. The number of aliphatic hydroxyl groups is 2. The highest BCUT2D eigenvalue weighted by atomic mass is 32.2. The average molecular weight is 609 g/mol. The number of Topliss-reactive ketones (excluding diaryl/α,β-unsaturated/α-hetero) is 1. The number of carbonyl (C=O) groups excluding carboxylic acids is 1. The minimum atomic E-state index is -1.45. The molecular weight excluding hydrogens is 568 g/mol. The van der Waals surface area contributed by atoms with Crippen molar-refractivity contribution in [3.05, 3.63) is 77.6 Å². The number of imidazole rings is 1. The van der Waals surface area contributed by atoms with E-state index < -0.39 is 17.1 Å². The topological polar surface area (TPSA) is 93.2 Å². The van der Waals surface area contributed by atoms with E-state index in [4.69, 9.17) is 10.1 Å². The molecule has 0 aliphatic heterocycles. The molecule has 4 aliphatic rings. The Balaban J connectivity index is 1.05. The van der Waals surface area contributed by atoms with Gasteiger partial charge in [0.15, 0.2) is 10.9 Å². The van der Waals surface area contributed by atoms with E-state index in [0.29, 0.717) is 12.8 Å². The molecule has 4 aromatic rings. The van der Waals surface area contributed by atoms with E-state index in [1.54, 1.807) is 0 Å². The molecule has 228 valence electrons. The Labute approximate surface area is 262 Å². The van der Waals surface area contributed by atoms with Crippen LogP contribution in [0.4, 0.5) is 0 Å². The number of hydrogen-bond donors (Lipinski definition) is 2. The molecule has 2 heterocycles. The number of rotatable bonds is 5. The van der Waals surface area contributed by atoms with E-state index in [-0.39, 0.29) is 34.7 Å². The van der Waals surface area contributed by atoms with Gasteiger partial charge in [0.05, 0.1) is 40.5 Å². The third kappa shape index (κ3) is 3.86. The van der Waals surface area contributed by atoms with Crippen LogP contribution in [0.1, 0.15) is 57.2 Å². The summed E-state index contributed by atoms with van der Waals surface area (Å²) in [5, 5.41) is 29.8. The first-order valence-corrected chi connectivity index (χ1v) is 16.9. The second kappa shape index (κ2) is 9.90. The normalized spacial score (nSPS) is 34.2. The fourth-order valence-electron chi connectivity index (χ4n) is 9.92. The lowest BCUT2D eigenvalue weighted by atomic mass is 9.45. The van der Waals surface area contributed by atoms with Gasteiger partial charge in [0.2, 0.25) is 0 Å². The van der Waals surface area contributed by atoms with E-state index in [9.17, 15) is 15.0 Å². The quantitative estimate of drug-likeness (QED) is 0.270. The first-order valence-electron chi connectivity index (χ1n) is 16.0. The van der Waals surface area contributed by atoms with Gasteiger partial charge in [-0.05, 0) is 97.6 Å². The van der Waals surface area contributed by atoms with Gasteiger partial charge in [-0.1, -0.05) is 61.5 Å². The second-order valence-corrected chi connectivity index (χ2v) is 15.1. The molecule has 3 saturated carbocycles. The summed E-state index contributed by atoms with van der Waals surface area (Å²) in [5.41, 5.74) is 4.46. The summed E-state index contributed by atoms with van der Waals surface area (Å²) < 4.78 is 4.05. The number of hydrogen-bond acceptors (Lipinski definition) is 6. The molecule has 0 spiro atoms. The lowest BCUT2D eigenvalue weighted by Crippen LogP contribution is -2.62. The largest absolute Gasteiger partial charge is 0.393 e. The minimum Gasteiger partial charge on any atom is -0.393 e. The maximum Gasteiger partial charge on any atom is 0.175 e. The molecule has 0 amide bonds. The van der Waals surface area contributed by atoms with Crippen LogP contribution < -0.4 is 0 Å². The van der Waals surface area contributed by atoms with E-state index in [0.717, 1.165) is 53.3 Å². The standard InChI is InChI=1S/C36H40N4O3S/c1-34-18-22-20-37-40(24-9-5-4-6-10-24)29(22)17-23(34)13-14-25-26-15-16-36(43,35(26,2)19-30(41)32(25)34)31(42)21-44-33-38-27-11-7-8-12-28(27)39(33)3/h4-12,17,20,25-26,30,32,41,43H,13-16,18-19,21H2,1-3H3/t25?,26?,30-,32?,34?,35?,36-/m0/s1. The Kier molecular flexibility index (Phi) is 6.36. The molecule has 2 aromatic carbocycles. The lowest BCUT2D eigenvalue weighted by Gasteiger charge is -2.60. The van der Waals surface area contributed by atoms with Crippen molar-refractivity contribution in [1.82, 2.24) is 19.3 Å². The number of para-hydroxylation sites is 3. The molecule has 0 radical (unpaired) electrons. The predicted octanol–water partition coefficient (Wildman–Crippen LogP) is 6.00. The Bertz CT molecular complexity index is 1810. The van der Waals surface area contributed by atoms with Gasteiger partial charge in [-0.3, -0.25) is 4.79 Å². The van der Waals surface area contributed by atoms with Crippen LogP contribution in [0.3, 0.4) is 0 Å². The maximum atomic E-state index is 13.9. The van der Waals surface area contributed by atoms with Gasteiger partial charge in [0.1, 0.15) is 5.60 Å². The molecule has 8 heteroatoms. The Morgan fingerprint density at radius 3 is 2.66 bits per heavy atom. The van der Waals surface area contributed by atoms with Crippen LogP contribution >= 0.6 is 11.8 Å². The van der Waals surface area contributed by atoms with Crippen molar-refractivity contribution >= 4 is 34.7 Å². The molecular formula is C36H40N4O3S. The first-order chi connectivity index (χ1) is 21.1. The van der Waals surface area contributed by atoms with Crippen LogP contribution in [0, 0.1) is 28.6 Å².